The van der Waals surface area contributed by atoms with Crippen molar-refractivity contribution in [2.75, 3.05) is 19.8 Å². The van der Waals surface area contributed by atoms with Crippen LogP contribution < -0.4 is 5.73 Å². The van der Waals surface area contributed by atoms with E-state index >= 15 is 0 Å². The number of fused-ring (bicyclic) bond motifs is 1. The lowest BCUT2D eigenvalue weighted by Gasteiger charge is -2.10. The smallest absolute Gasteiger partial charge is 0.154 e. The van der Waals surface area contributed by atoms with Crippen molar-refractivity contribution in [1.29, 1.82) is 0 Å². The highest BCUT2D eigenvalue weighted by molar-refractivity contribution is 14.1. The number of nitrogens with two attached hydrogens (primary N) is 1. The maximum absolute atomic E-state index is 5.82. The van der Waals surface area contributed by atoms with Gasteiger partial charge in [-0.25, -0.2) is 0 Å². The van der Waals surface area contributed by atoms with Gasteiger partial charge in [-0.1, -0.05) is 6.07 Å². The van der Waals surface area contributed by atoms with Crippen LogP contribution >= 0.6 is 22.6 Å². The lowest BCUT2D eigenvalue weighted by atomic mass is 10.1. The maximum Gasteiger partial charge on any atom is 0.154 e. The van der Waals surface area contributed by atoms with Crippen molar-refractivity contribution in [3.8, 4) is 0 Å². The van der Waals surface area contributed by atoms with Gasteiger partial charge in [0.15, 0.2) is 5.82 Å². The van der Waals surface area contributed by atoms with Crippen molar-refractivity contribution in [1.82, 2.24) is 15.1 Å². The summed E-state index contributed by atoms with van der Waals surface area (Å²) < 4.78 is 1.14. The lowest BCUT2D eigenvalue weighted by molar-refractivity contribution is 0.404. The van der Waals surface area contributed by atoms with Gasteiger partial charge in [0.05, 0.1) is 10.9 Å². The highest BCUT2D eigenvalue weighted by Gasteiger charge is 2.10. The summed E-state index contributed by atoms with van der Waals surface area (Å²) in [7, 11) is 4.09. The molecule has 2 rings (SSSR count). The number of hydrogen-bond acceptors (Lipinski definition) is 3. The molecule has 4 nitrogen and oxygen atoms in total. The Morgan fingerprint density at radius 2 is 2.20 bits per heavy atom. The van der Waals surface area contributed by atoms with E-state index < -0.39 is 0 Å². The molecule has 0 aliphatic heterocycles. The van der Waals surface area contributed by atoms with Gasteiger partial charge in [-0.15, -0.1) is 0 Å². The molecule has 0 atom stereocenters. The zero-order valence-electron chi connectivity index (χ0n) is 8.71. The summed E-state index contributed by atoms with van der Waals surface area (Å²) in [5.41, 5.74) is 8.09. The number of anilines is 1. The molecular formula is C10H13IN4. The Labute approximate surface area is 102 Å². The van der Waals surface area contributed by atoms with Crippen molar-refractivity contribution >= 4 is 39.3 Å². The van der Waals surface area contributed by atoms with Gasteiger partial charge in [-0.05, 0) is 48.3 Å². The van der Waals surface area contributed by atoms with E-state index in [9.17, 15) is 0 Å². The Kier molecular flexibility index (Phi) is 2.83. The standard InChI is InChI=1S/C10H13IN4/c1-15(2)5-6-3-4-7(11)8-9(6)13-14-10(8)12/h3-4H,5H2,1-2H3,(H3,12,13,14). The molecule has 0 bridgehead atoms. The SMILES string of the molecule is CN(C)Cc1ccc(I)c2c(N)n[nH]c12. The minimum Gasteiger partial charge on any atom is -0.382 e. The third-order valence-corrected chi connectivity index (χ3v) is 3.17. The van der Waals surface area contributed by atoms with E-state index in [4.69, 9.17) is 5.73 Å². The van der Waals surface area contributed by atoms with Crippen LogP contribution in [0.25, 0.3) is 10.9 Å². The van der Waals surface area contributed by atoms with Gasteiger partial charge in [0.1, 0.15) is 0 Å². The fourth-order valence-corrected chi connectivity index (χ4v) is 2.37. The second-order valence-corrected chi connectivity index (χ2v) is 4.97. The van der Waals surface area contributed by atoms with Crippen molar-refractivity contribution in [3.05, 3.63) is 21.3 Å². The number of nitrogens with one attached hydrogen (secondary N) is 1. The highest BCUT2D eigenvalue weighted by atomic mass is 127. The minimum atomic E-state index is 0.579. The molecule has 15 heavy (non-hydrogen) atoms. The van der Waals surface area contributed by atoms with Gasteiger partial charge in [-0.3, -0.25) is 5.10 Å². The van der Waals surface area contributed by atoms with Gasteiger partial charge in [0.25, 0.3) is 0 Å². The summed E-state index contributed by atoms with van der Waals surface area (Å²) in [5, 5.41) is 8.09. The third-order valence-electron chi connectivity index (χ3n) is 2.27. The van der Waals surface area contributed by atoms with E-state index in [1.54, 1.807) is 0 Å². The molecule has 0 spiro atoms. The number of aromatic nitrogens is 2. The van der Waals surface area contributed by atoms with Crippen molar-refractivity contribution < 1.29 is 0 Å². The van der Waals surface area contributed by atoms with Crippen molar-refractivity contribution in [2.45, 2.75) is 6.54 Å². The second-order valence-electron chi connectivity index (χ2n) is 3.80. The Morgan fingerprint density at radius 1 is 1.47 bits per heavy atom. The molecule has 0 saturated heterocycles. The molecule has 0 fully saturated rings. The normalized spacial score (nSPS) is 11.5. The fraction of sp³-hybridized carbons (Fsp3) is 0.300. The van der Waals surface area contributed by atoms with Crippen LogP contribution in [0.5, 0.6) is 0 Å². The average molecular weight is 316 g/mol. The Hall–Kier alpha value is -0.820. The quantitative estimate of drug-likeness (QED) is 0.831. The van der Waals surface area contributed by atoms with E-state index in [1.807, 2.05) is 14.1 Å². The number of hydrogen-bond donors (Lipinski definition) is 2. The summed E-state index contributed by atoms with van der Waals surface area (Å²) in [5.74, 6) is 0.579. The van der Waals surface area contributed by atoms with Gasteiger partial charge >= 0.3 is 0 Å². The van der Waals surface area contributed by atoms with Crippen LogP contribution in [0, 0.1) is 3.57 Å². The number of H-pyrrole nitrogens is 1. The number of nitrogens with zero attached hydrogens (tertiary/aromatic N) is 2. The van der Waals surface area contributed by atoms with E-state index in [0.717, 1.165) is 21.0 Å². The van der Waals surface area contributed by atoms with Gasteiger partial charge in [-0.2, -0.15) is 5.10 Å². The maximum atomic E-state index is 5.82. The summed E-state index contributed by atoms with van der Waals surface area (Å²) in [6, 6.07) is 4.19. The first kappa shape index (κ1) is 10.7. The molecule has 3 N–H and O–H groups in total. The van der Waals surface area contributed by atoms with Crippen LogP contribution in [0.4, 0.5) is 5.82 Å². The van der Waals surface area contributed by atoms with Gasteiger partial charge < -0.3 is 10.6 Å². The fourth-order valence-electron chi connectivity index (χ4n) is 1.64. The lowest BCUT2D eigenvalue weighted by Crippen LogP contribution is -2.11. The molecule has 0 saturated carbocycles. The molecule has 1 aromatic heterocycles. The first-order valence-electron chi connectivity index (χ1n) is 4.65. The summed E-state index contributed by atoms with van der Waals surface area (Å²) >= 11 is 2.28. The summed E-state index contributed by atoms with van der Waals surface area (Å²) in [6.45, 7) is 0.884. The van der Waals surface area contributed by atoms with E-state index in [1.165, 1.54) is 5.56 Å². The molecule has 1 heterocycles. The molecule has 2 aromatic rings. The van der Waals surface area contributed by atoms with Crippen LogP contribution in [0.1, 0.15) is 5.56 Å². The van der Waals surface area contributed by atoms with Crippen LogP contribution in [-0.4, -0.2) is 29.2 Å². The van der Waals surface area contributed by atoms with Gasteiger partial charge in [0.2, 0.25) is 0 Å². The Balaban J connectivity index is 2.62. The molecule has 0 aliphatic rings. The van der Waals surface area contributed by atoms with Crippen LogP contribution in [0.15, 0.2) is 12.1 Å². The zero-order chi connectivity index (χ0) is 11.0. The summed E-state index contributed by atoms with van der Waals surface area (Å²) in [4.78, 5) is 2.12. The Bertz CT molecular complexity index is 489. The molecule has 1 aromatic carbocycles. The minimum absolute atomic E-state index is 0.579. The van der Waals surface area contributed by atoms with E-state index in [0.29, 0.717) is 5.82 Å². The molecule has 0 unspecified atom stereocenters. The molecule has 5 heteroatoms. The largest absolute Gasteiger partial charge is 0.382 e. The first-order valence-corrected chi connectivity index (χ1v) is 5.73. The predicted octanol–water partition coefficient (Wildman–Crippen LogP) is 1.81. The molecule has 80 valence electrons. The highest BCUT2D eigenvalue weighted by Crippen LogP contribution is 2.27. The summed E-state index contributed by atoms with van der Waals surface area (Å²) in [6.07, 6.45) is 0. The van der Waals surface area contributed by atoms with Crippen LogP contribution in [-0.2, 0) is 6.54 Å². The van der Waals surface area contributed by atoms with E-state index in [2.05, 4.69) is 49.8 Å². The van der Waals surface area contributed by atoms with Crippen LogP contribution in [0.2, 0.25) is 0 Å². The number of benzene rings is 1. The molecule has 0 amide bonds. The average Bonchev–Trinajstić information content (AvgIpc) is 2.53. The zero-order valence-corrected chi connectivity index (χ0v) is 10.9. The van der Waals surface area contributed by atoms with Crippen molar-refractivity contribution in [3.63, 3.8) is 0 Å². The first-order chi connectivity index (χ1) is 7.09. The van der Waals surface area contributed by atoms with Crippen LogP contribution in [0.3, 0.4) is 0 Å². The topological polar surface area (TPSA) is 57.9 Å². The molecular weight excluding hydrogens is 303 g/mol. The number of rotatable bonds is 2. The monoisotopic (exact) mass is 316 g/mol. The number of aromatic amines is 1. The number of halogens is 1. The van der Waals surface area contributed by atoms with Gasteiger partial charge in [0, 0.05) is 10.1 Å². The van der Waals surface area contributed by atoms with Crippen molar-refractivity contribution in [2.24, 2.45) is 0 Å². The second kappa shape index (κ2) is 3.97. The Morgan fingerprint density at radius 3 is 2.87 bits per heavy atom. The third kappa shape index (κ3) is 1.93. The molecule has 0 aliphatic carbocycles. The predicted molar refractivity (Wildman–Crippen MR) is 70.6 cm³/mol. The molecule has 0 radical (unpaired) electrons. The van der Waals surface area contributed by atoms with E-state index in [-0.39, 0.29) is 0 Å². The number of nitrogen functional groups attached to an aromatic ring is 1.